The summed E-state index contributed by atoms with van der Waals surface area (Å²) in [6.07, 6.45) is 0. The maximum absolute atomic E-state index is 13.1. The lowest BCUT2D eigenvalue weighted by molar-refractivity contribution is 0.0950. The van der Waals surface area contributed by atoms with Crippen molar-refractivity contribution in [2.75, 3.05) is 0 Å². The second-order valence-electron chi connectivity index (χ2n) is 7.04. The van der Waals surface area contributed by atoms with E-state index in [2.05, 4.69) is 5.32 Å². The number of rotatable bonds is 5. The molecule has 4 rings (SSSR count). The number of pyridine rings is 1. The van der Waals surface area contributed by atoms with Crippen molar-refractivity contribution < 1.29 is 13.2 Å². The Bertz CT molecular complexity index is 1480. The lowest BCUT2D eigenvalue weighted by Gasteiger charge is -2.17. The van der Waals surface area contributed by atoms with Crippen molar-refractivity contribution in [3.8, 4) is 5.69 Å². The summed E-state index contributed by atoms with van der Waals surface area (Å²) in [7, 11) is -3.86. The minimum atomic E-state index is -3.86. The van der Waals surface area contributed by atoms with Crippen LogP contribution in [0.25, 0.3) is 16.6 Å². The second-order valence-corrected chi connectivity index (χ2v) is 8.96. The number of carbonyl (C=O) groups is 1. The first-order valence-electron chi connectivity index (χ1n) is 9.56. The molecule has 0 aliphatic rings. The molecule has 4 aromatic rings. The van der Waals surface area contributed by atoms with Crippen LogP contribution in [0.4, 0.5) is 0 Å². The van der Waals surface area contributed by atoms with Gasteiger partial charge in [0.1, 0.15) is 5.15 Å². The fraction of sp³-hybridized carbons (Fsp3) is 0.0435. The van der Waals surface area contributed by atoms with Crippen molar-refractivity contribution in [3.63, 3.8) is 0 Å². The zero-order valence-corrected chi connectivity index (χ0v) is 18.2. The molecule has 0 aliphatic carbocycles. The Labute approximate surface area is 189 Å². The van der Waals surface area contributed by atoms with Crippen LogP contribution in [-0.4, -0.2) is 18.9 Å². The minimum Gasteiger partial charge on any atom is -0.348 e. The van der Waals surface area contributed by atoms with Gasteiger partial charge in [-0.15, -0.1) is 0 Å². The minimum absolute atomic E-state index is 0.0997. The van der Waals surface area contributed by atoms with Gasteiger partial charge in [0.15, 0.2) is 5.43 Å². The van der Waals surface area contributed by atoms with E-state index < -0.39 is 15.9 Å². The Morgan fingerprint density at radius 1 is 0.938 bits per heavy atom. The van der Waals surface area contributed by atoms with Gasteiger partial charge >= 0.3 is 0 Å². The van der Waals surface area contributed by atoms with Crippen molar-refractivity contribution in [2.24, 2.45) is 5.14 Å². The Kier molecular flexibility index (Phi) is 5.84. The van der Waals surface area contributed by atoms with Gasteiger partial charge in [-0.05, 0) is 48.5 Å². The first-order valence-corrected chi connectivity index (χ1v) is 11.5. The van der Waals surface area contributed by atoms with Gasteiger partial charge in [0.2, 0.25) is 10.0 Å². The molecule has 3 N–H and O–H groups in total. The quantitative estimate of drug-likeness (QED) is 0.439. The molecule has 32 heavy (non-hydrogen) atoms. The summed E-state index contributed by atoms with van der Waals surface area (Å²) < 4.78 is 24.5. The van der Waals surface area contributed by atoms with Gasteiger partial charge in [0.05, 0.1) is 16.0 Å². The molecule has 0 unspecified atom stereocenters. The third-order valence-corrected chi connectivity index (χ3v) is 6.32. The Morgan fingerprint density at radius 3 is 2.22 bits per heavy atom. The van der Waals surface area contributed by atoms with Crippen LogP contribution in [0.3, 0.4) is 0 Å². The molecule has 0 aliphatic heterocycles. The number of amides is 1. The molecule has 0 bridgehead atoms. The zero-order valence-electron chi connectivity index (χ0n) is 16.7. The number of nitrogens with one attached hydrogen (secondary N) is 1. The van der Waals surface area contributed by atoms with E-state index >= 15 is 0 Å². The maximum atomic E-state index is 13.1. The summed E-state index contributed by atoms with van der Waals surface area (Å²) in [6.45, 7) is -0.106. The molecule has 162 valence electrons. The molecule has 7 nitrogen and oxygen atoms in total. The molecule has 0 fully saturated rings. The number of primary sulfonamides is 1. The van der Waals surface area contributed by atoms with Crippen LogP contribution in [-0.2, 0) is 16.6 Å². The largest absolute Gasteiger partial charge is 0.348 e. The van der Waals surface area contributed by atoms with E-state index in [0.717, 1.165) is 5.69 Å². The number of benzene rings is 3. The molecule has 0 saturated heterocycles. The summed E-state index contributed by atoms with van der Waals surface area (Å²) >= 11 is 6.66. The molecule has 0 spiro atoms. The first kappa shape index (κ1) is 21.8. The van der Waals surface area contributed by atoms with Gasteiger partial charge in [-0.2, -0.15) is 0 Å². The number of sulfonamides is 1. The van der Waals surface area contributed by atoms with Crippen LogP contribution in [0.5, 0.6) is 0 Å². The van der Waals surface area contributed by atoms with Crippen LogP contribution in [0.2, 0.25) is 5.15 Å². The molecule has 3 aromatic carbocycles. The predicted molar refractivity (Wildman–Crippen MR) is 124 cm³/mol. The number of fused-ring (bicyclic) bond motifs is 1. The third kappa shape index (κ3) is 4.16. The van der Waals surface area contributed by atoms with Gasteiger partial charge in [0, 0.05) is 23.2 Å². The maximum Gasteiger partial charge on any atom is 0.251 e. The molecule has 0 saturated carbocycles. The van der Waals surface area contributed by atoms with Crippen LogP contribution in [0, 0.1) is 0 Å². The van der Waals surface area contributed by atoms with Gasteiger partial charge in [-0.25, -0.2) is 13.6 Å². The number of nitrogens with zero attached hydrogens (tertiary/aromatic N) is 1. The molecule has 1 heterocycles. The van der Waals surface area contributed by atoms with Crippen molar-refractivity contribution in [2.45, 2.75) is 11.4 Å². The molecule has 0 atom stereocenters. The van der Waals surface area contributed by atoms with E-state index in [1.807, 2.05) is 42.5 Å². The van der Waals surface area contributed by atoms with E-state index in [9.17, 15) is 18.0 Å². The van der Waals surface area contributed by atoms with E-state index in [0.29, 0.717) is 10.9 Å². The van der Waals surface area contributed by atoms with Crippen LogP contribution in [0.15, 0.2) is 88.6 Å². The number of para-hydroxylation sites is 2. The first-order chi connectivity index (χ1) is 15.3. The second kappa shape index (κ2) is 8.58. The van der Waals surface area contributed by atoms with Gasteiger partial charge in [0.25, 0.3) is 5.91 Å². The third-order valence-electron chi connectivity index (χ3n) is 4.99. The fourth-order valence-electron chi connectivity index (χ4n) is 3.41. The van der Waals surface area contributed by atoms with E-state index in [1.165, 1.54) is 24.3 Å². The number of halogens is 1. The van der Waals surface area contributed by atoms with Crippen molar-refractivity contribution in [1.29, 1.82) is 0 Å². The topological polar surface area (TPSA) is 111 Å². The normalized spacial score (nSPS) is 11.4. The Balaban J connectivity index is 1.71. The average molecular weight is 468 g/mol. The molecular weight excluding hydrogens is 450 g/mol. The van der Waals surface area contributed by atoms with Gasteiger partial charge in [-0.1, -0.05) is 41.9 Å². The van der Waals surface area contributed by atoms with Gasteiger partial charge in [-0.3, -0.25) is 14.2 Å². The predicted octanol–water partition coefficient (Wildman–Crippen LogP) is 3.22. The summed E-state index contributed by atoms with van der Waals surface area (Å²) in [5.41, 5.74) is 1.62. The lowest BCUT2D eigenvalue weighted by Crippen LogP contribution is -2.27. The highest BCUT2D eigenvalue weighted by atomic mass is 35.5. The van der Waals surface area contributed by atoms with Crippen LogP contribution >= 0.6 is 11.6 Å². The highest BCUT2D eigenvalue weighted by molar-refractivity contribution is 7.89. The summed E-state index contributed by atoms with van der Waals surface area (Å²) in [4.78, 5) is 25.6. The van der Waals surface area contributed by atoms with Crippen LogP contribution in [0.1, 0.15) is 15.9 Å². The monoisotopic (exact) mass is 467 g/mol. The smallest absolute Gasteiger partial charge is 0.251 e. The molecule has 1 aromatic heterocycles. The zero-order chi connectivity index (χ0) is 22.9. The fourth-order valence-corrected chi connectivity index (χ4v) is 4.26. The molecule has 1 amide bonds. The van der Waals surface area contributed by atoms with Gasteiger partial charge < -0.3 is 5.32 Å². The number of hydrogen-bond donors (Lipinski definition) is 2. The van der Waals surface area contributed by atoms with Crippen molar-refractivity contribution in [1.82, 2.24) is 9.88 Å². The Morgan fingerprint density at radius 2 is 1.56 bits per heavy atom. The number of carbonyl (C=O) groups excluding carboxylic acids is 1. The number of hydrogen-bond acceptors (Lipinski definition) is 4. The van der Waals surface area contributed by atoms with E-state index in [-0.39, 0.29) is 33.1 Å². The van der Waals surface area contributed by atoms with Crippen molar-refractivity contribution >= 4 is 38.4 Å². The number of nitrogens with two attached hydrogens (primary N) is 1. The summed E-state index contributed by atoms with van der Waals surface area (Å²) in [5, 5.41) is 8.43. The summed E-state index contributed by atoms with van der Waals surface area (Å²) in [5.74, 6) is -0.485. The molecular formula is C23H18ClN3O4S. The van der Waals surface area contributed by atoms with Crippen LogP contribution < -0.4 is 15.9 Å². The Hall–Kier alpha value is -3.46. The highest BCUT2D eigenvalue weighted by Crippen LogP contribution is 2.25. The van der Waals surface area contributed by atoms with E-state index in [1.54, 1.807) is 16.7 Å². The summed E-state index contributed by atoms with van der Waals surface area (Å²) in [6, 6.07) is 21.7. The number of aromatic nitrogens is 1. The van der Waals surface area contributed by atoms with E-state index in [4.69, 9.17) is 16.7 Å². The lowest BCUT2D eigenvalue weighted by atomic mass is 10.1. The highest BCUT2D eigenvalue weighted by Gasteiger charge is 2.18. The van der Waals surface area contributed by atoms with Crippen molar-refractivity contribution in [3.05, 3.63) is 105 Å². The molecule has 0 radical (unpaired) electrons. The SMILES string of the molecule is NS(=O)(=O)c1ccc(C(=O)NCc2c(Cl)n(-c3ccccc3)c3ccccc3c2=O)cc1. The average Bonchev–Trinajstić information content (AvgIpc) is 2.79. The molecule has 9 heteroatoms. The standard InChI is InChI=1S/C23H18ClN3O4S/c24-22-19(14-26-23(29)15-10-12-17(13-11-15)32(25,30)31)21(28)18-8-4-5-9-20(18)27(22)16-6-2-1-3-7-16/h1-13H,14H2,(H,26,29)(H2,25,30,31).